The Morgan fingerprint density at radius 3 is 2.29 bits per heavy atom. The number of hydrogen-bond donors (Lipinski definition) is 0. The third kappa shape index (κ3) is 2.05. The molecule has 0 radical (unpaired) electrons. The van der Waals surface area contributed by atoms with Gasteiger partial charge in [-0.15, -0.1) is 6.58 Å². The molecule has 0 N–H and O–H groups in total. The molecule has 0 atom stereocenters. The van der Waals surface area contributed by atoms with Crippen LogP contribution in [0.5, 0.6) is 0 Å². The lowest BCUT2D eigenvalue weighted by atomic mass is 9.53. The van der Waals surface area contributed by atoms with E-state index in [9.17, 15) is 0 Å². The molecule has 1 fully saturated rings. The molecule has 0 aromatic heterocycles. The maximum Gasteiger partial charge on any atom is 0.323 e. The van der Waals surface area contributed by atoms with Gasteiger partial charge in [0.25, 0.3) is 0 Å². The molecule has 0 spiro atoms. The van der Waals surface area contributed by atoms with E-state index in [4.69, 9.17) is 4.65 Å². The van der Waals surface area contributed by atoms with Gasteiger partial charge in [0.05, 0.1) is 5.60 Å². The smallest absolute Gasteiger partial charge is 0.323 e. The van der Waals surface area contributed by atoms with E-state index >= 15 is 0 Å². The summed E-state index contributed by atoms with van der Waals surface area (Å²) in [5.41, 5.74) is 1.51. The molecule has 1 rings (SSSR count). The minimum Gasteiger partial charge on any atom is -0.426 e. The van der Waals surface area contributed by atoms with Crippen molar-refractivity contribution in [3.05, 3.63) is 12.1 Å². The van der Waals surface area contributed by atoms with Gasteiger partial charge in [-0.1, -0.05) is 32.7 Å². The highest BCUT2D eigenvalue weighted by molar-refractivity contribution is 6.61. The van der Waals surface area contributed by atoms with Crippen LogP contribution in [0.2, 0.25) is 6.32 Å². The topological polar surface area (TPSA) is 9.23 Å². The first kappa shape index (κ1) is 11.8. The quantitative estimate of drug-likeness (QED) is 0.622. The highest BCUT2D eigenvalue weighted by Gasteiger charge is 2.49. The molecule has 0 aromatic carbocycles. The van der Waals surface area contributed by atoms with Crippen LogP contribution in [-0.2, 0) is 4.65 Å². The summed E-state index contributed by atoms with van der Waals surface area (Å²) >= 11 is 0. The highest BCUT2D eigenvalue weighted by Crippen LogP contribution is 2.46. The van der Waals surface area contributed by atoms with Crippen molar-refractivity contribution in [3.63, 3.8) is 0 Å². The van der Waals surface area contributed by atoms with Crippen molar-refractivity contribution in [1.82, 2.24) is 0 Å². The van der Waals surface area contributed by atoms with Gasteiger partial charge in [-0.3, -0.25) is 0 Å². The maximum atomic E-state index is 6.08. The third-order valence-electron chi connectivity index (χ3n) is 3.79. The molecular formula is C12H23BO. The van der Waals surface area contributed by atoms with Gasteiger partial charge in [0.1, 0.15) is 0 Å². The Morgan fingerprint density at radius 1 is 1.36 bits per heavy atom. The molecule has 0 amide bonds. The van der Waals surface area contributed by atoms with E-state index in [1.54, 1.807) is 0 Å². The summed E-state index contributed by atoms with van der Waals surface area (Å²) in [6.45, 7) is 15.5. The lowest BCUT2D eigenvalue weighted by Gasteiger charge is -2.34. The van der Waals surface area contributed by atoms with Gasteiger partial charge in [0.15, 0.2) is 0 Å². The fourth-order valence-corrected chi connectivity index (χ4v) is 1.98. The third-order valence-corrected chi connectivity index (χ3v) is 3.79. The summed E-state index contributed by atoms with van der Waals surface area (Å²) < 4.78 is 6.08. The first-order valence-corrected chi connectivity index (χ1v) is 5.65. The molecule has 1 nitrogen and oxygen atoms in total. The normalized spacial score (nSPS) is 23.9. The Balaban J connectivity index is 2.68. The molecule has 14 heavy (non-hydrogen) atoms. The Bertz CT molecular complexity index is 214. The summed E-state index contributed by atoms with van der Waals surface area (Å²) in [6.07, 6.45) is 3.37. The lowest BCUT2D eigenvalue weighted by molar-refractivity contribution is 0.0370. The Kier molecular flexibility index (Phi) is 3.15. The molecule has 0 unspecified atom stereocenters. The van der Waals surface area contributed by atoms with E-state index in [1.807, 2.05) is 0 Å². The molecule has 0 aromatic rings. The zero-order chi connectivity index (χ0) is 11.0. The van der Waals surface area contributed by atoms with Crippen LogP contribution in [0, 0.1) is 5.41 Å². The zero-order valence-electron chi connectivity index (χ0n) is 10.3. The van der Waals surface area contributed by atoms with Crippen molar-refractivity contribution in [2.45, 2.75) is 59.4 Å². The molecule has 0 aliphatic carbocycles. The van der Waals surface area contributed by atoms with E-state index in [2.05, 4.69) is 41.2 Å². The van der Waals surface area contributed by atoms with Crippen LogP contribution >= 0.6 is 0 Å². The van der Waals surface area contributed by atoms with Crippen molar-refractivity contribution in [3.8, 4) is 0 Å². The van der Waals surface area contributed by atoms with Gasteiger partial charge >= 0.3 is 6.92 Å². The van der Waals surface area contributed by atoms with Crippen molar-refractivity contribution in [1.29, 1.82) is 0 Å². The van der Waals surface area contributed by atoms with Crippen molar-refractivity contribution in [2.24, 2.45) is 5.41 Å². The standard InChI is InChI=1S/C12H23BO/c1-7-8-10(2)13-9-11(3,4)12(5,6)14-13/h2,7-9H2,1,3-6H3. The summed E-state index contributed by atoms with van der Waals surface area (Å²) in [7, 11) is 0. The van der Waals surface area contributed by atoms with Gasteiger partial charge in [0.2, 0.25) is 0 Å². The molecule has 1 saturated heterocycles. The van der Waals surface area contributed by atoms with Crippen LogP contribution in [0.25, 0.3) is 0 Å². The zero-order valence-corrected chi connectivity index (χ0v) is 10.3. The van der Waals surface area contributed by atoms with Gasteiger partial charge in [0, 0.05) is 0 Å². The molecule has 0 bridgehead atoms. The summed E-state index contributed by atoms with van der Waals surface area (Å²) in [5, 5.41) is 0. The molecule has 1 heterocycles. The van der Waals surface area contributed by atoms with E-state index < -0.39 is 0 Å². The minimum absolute atomic E-state index is 0.0195. The van der Waals surface area contributed by atoms with E-state index in [0.29, 0.717) is 0 Å². The monoisotopic (exact) mass is 194 g/mol. The van der Waals surface area contributed by atoms with Crippen LogP contribution in [-0.4, -0.2) is 12.5 Å². The first-order chi connectivity index (χ1) is 6.30. The second kappa shape index (κ2) is 3.73. The Morgan fingerprint density at radius 2 is 1.93 bits per heavy atom. The Hall–Kier alpha value is -0.235. The number of hydrogen-bond acceptors (Lipinski definition) is 1. The van der Waals surface area contributed by atoms with Crippen molar-refractivity contribution >= 4 is 6.92 Å². The van der Waals surface area contributed by atoms with Gasteiger partial charge in [-0.2, -0.15) is 0 Å². The number of allylic oxidation sites excluding steroid dienone is 1. The average molecular weight is 194 g/mol. The summed E-state index contributed by atoms with van der Waals surface area (Å²) in [5.74, 6) is 0. The average Bonchev–Trinajstić information content (AvgIpc) is 2.22. The van der Waals surface area contributed by atoms with E-state index in [-0.39, 0.29) is 17.9 Å². The predicted octanol–water partition coefficient (Wildman–Crippen LogP) is 3.71. The molecule has 80 valence electrons. The second-order valence-corrected chi connectivity index (χ2v) is 5.61. The Labute approximate surface area is 89.0 Å². The van der Waals surface area contributed by atoms with E-state index in [1.165, 1.54) is 11.9 Å². The van der Waals surface area contributed by atoms with Gasteiger partial charge < -0.3 is 4.65 Å². The van der Waals surface area contributed by atoms with Crippen LogP contribution < -0.4 is 0 Å². The predicted molar refractivity (Wildman–Crippen MR) is 63.6 cm³/mol. The van der Waals surface area contributed by atoms with Gasteiger partial charge in [-0.25, -0.2) is 0 Å². The van der Waals surface area contributed by atoms with Crippen molar-refractivity contribution in [2.75, 3.05) is 0 Å². The van der Waals surface area contributed by atoms with Crippen LogP contribution in [0.4, 0.5) is 0 Å². The summed E-state index contributed by atoms with van der Waals surface area (Å²) in [4.78, 5) is 0. The first-order valence-electron chi connectivity index (χ1n) is 5.65. The maximum absolute atomic E-state index is 6.08. The molecular weight excluding hydrogens is 171 g/mol. The molecule has 1 aliphatic rings. The fraction of sp³-hybridized carbons (Fsp3) is 0.833. The molecule has 2 heteroatoms. The summed E-state index contributed by atoms with van der Waals surface area (Å²) in [6, 6.07) is 0. The molecule has 1 aliphatic heterocycles. The number of rotatable bonds is 3. The van der Waals surface area contributed by atoms with E-state index in [0.717, 1.165) is 12.7 Å². The minimum atomic E-state index is -0.0195. The lowest BCUT2D eigenvalue weighted by Crippen LogP contribution is -2.34. The van der Waals surface area contributed by atoms with Gasteiger partial charge in [-0.05, 0) is 32.0 Å². The highest BCUT2D eigenvalue weighted by atomic mass is 16.5. The van der Waals surface area contributed by atoms with Crippen LogP contribution in [0.15, 0.2) is 12.1 Å². The second-order valence-electron chi connectivity index (χ2n) is 5.61. The largest absolute Gasteiger partial charge is 0.426 e. The van der Waals surface area contributed by atoms with Crippen LogP contribution in [0.1, 0.15) is 47.5 Å². The fourth-order valence-electron chi connectivity index (χ4n) is 1.98. The SMILES string of the molecule is C=C(CCC)B1CC(C)(C)C(C)(C)O1. The van der Waals surface area contributed by atoms with Crippen molar-refractivity contribution < 1.29 is 4.65 Å². The van der Waals surface area contributed by atoms with Crippen LogP contribution in [0.3, 0.4) is 0 Å². The molecule has 0 saturated carbocycles.